The highest BCUT2D eigenvalue weighted by molar-refractivity contribution is 7.99. The average Bonchev–Trinajstić information content (AvgIpc) is 3.43. The zero-order chi connectivity index (χ0) is 33.5. The lowest BCUT2D eigenvalue weighted by atomic mass is 9.48. The van der Waals surface area contributed by atoms with Gasteiger partial charge in [0.25, 0.3) is 0 Å². The van der Waals surface area contributed by atoms with Gasteiger partial charge in [-0.1, -0.05) is 84.6 Å². The number of hydrogen-bond acceptors (Lipinski definition) is 3. The Morgan fingerprint density at radius 2 is 1.06 bits per heavy atom. The van der Waals surface area contributed by atoms with Gasteiger partial charge in [-0.3, -0.25) is 0 Å². The molecule has 51 heavy (non-hydrogen) atoms. The van der Waals surface area contributed by atoms with Crippen LogP contribution in [0.25, 0.3) is 11.1 Å². The Balaban J connectivity index is 1.03. The minimum absolute atomic E-state index is 0.203. The molecule has 0 saturated heterocycles. The van der Waals surface area contributed by atoms with Crippen LogP contribution in [0, 0.1) is 17.8 Å². The fraction of sp³-hybridized carbons (Fsp3) is 0.250. The van der Waals surface area contributed by atoms with Crippen LogP contribution in [-0.4, -0.2) is 0 Å². The molecule has 2 heterocycles. The van der Waals surface area contributed by atoms with Crippen LogP contribution in [0.5, 0.6) is 0 Å². The van der Waals surface area contributed by atoms with E-state index in [0.717, 1.165) is 17.8 Å². The molecule has 4 bridgehead atoms. The van der Waals surface area contributed by atoms with Crippen LogP contribution in [0.15, 0.2) is 143 Å². The monoisotopic (exact) mass is 676 g/mol. The smallest absolute Gasteiger partial charge is 0.0601 e. The Morgan fingerprint density at radius 1 is 0.510 bits per heavy atom. The summed E-state index contributed by atoms with van der Waals surface area (Å²) in [5.74, 6) is 2.78. The first kappa shape index (κ1) is 28.9. The van der Waals surface area contributed by atoms with E-state index in [4.69, 9.17) is 0 Å². The third-order valence-electron chi connectivity index (χ3n) is 13.8. The standard InChI is InChI=1S/C48H40N2S/c1-47-38-11-3-2-9-36(38)37-10-8-14-43(46(37)47)49(40-22-17-33(26-39(40)47)48-27-30-23-31(28-48)25-32(24-30)29-48)34-18-20-35(21-19-34)50-41-12-4-6-15-44(41)51-45-16-7-5-13-42(45)50/h2-22,26,30-32H,23-25,27-29H2,1H3. The third-order valence-corrected chi connectivity index (χ3v) is 14.9. The highest BCUT2D eigenvalue weighted by Crippen LogP contribution is 2.65. The van der Waals surface area contributed by atoms with Crippen molar-refractivity contribution in [3.05, 3.63) is 156 Å². The summed E-state index contributed by atoms with van der Waals surface area (Å²) in [6.07, 6.45) is 8.59. The quantitative estimate of drug-likeness (QED) is 0.184. The number of hydrogen-bond donors (Lipinski definition) is 0. The lowest BCUT2D eigenvalue weighted by molar-refractivity contribution is -0.00522. The van der Waals surface area contributed by atoms with Gasteiger partial charge in [-0.05, 0) is 163 Å². The summed E-state index contributed by atoms with van der Waals surface area (Å²) in [4.78, 5) is 7.58. The molecule has 3 heteroatoms. The topological polar surface area (TPSA) is 6.48 Å². The molecule has 4 fully saturated rings. The molecular weight excluding hydrogens is 637 g/mol. The van der Waals surface area contributed by atoms with E-state index in [2.05, 4.69) is 150 Å². The molecule has 7 aliphatic rings. The molecule has 0 amide bonds. The van der Waals surface area contributed by atoms with E-state index in [-0.39, 0.29) is 5.41 Å². The Hall–Kier alpha value is -4.73. The van der Waals surface area contributed by atoms with Gasteiger partial charge in [0.2, 0.25) is 0 Å². The molecule has 0 aromatic heterocycles. The van der Waals surface area contributed by atoms with Crippen LogP contribution in [0.4, 0.5) is 34.1 Å². The van der Waals surface area contributed by atoms with Crippen LogP contribution in [0.2, 0.25) is 0 Å². The maximum atomic E-state index is 2.70. The van der Waals surface area contributed by atoms with Crippen molar-refractivity contribution in [1.82, 2.24) is 0 Å². The number of fused-ring (bicyclic) bond motifs is 7. The molecule has 1 unspecified atom stereocenters. The second kappa shape index (κ2) is 10.2. The minimum Gasteiger partial charge on any atom is -0.310 e. The zero-order valence-electron chi connectivity index (χ0n) is 29.0. The molecule has 13 rings (SSSR count). The molecule has 6 aromatic rings. The van der Waals surface area contributed by atoms with Crippen LogP contribution in [-0.2, 0) is 10.8 Å². The van der Waals surface area contributed by atoms with Gasteiger partial charge in [-0.15, -0.1) is 0 Å². The molecule has 6 aromatic carbocycles. The molecule has 4 saturated carbocycles. The number of nitrogens with zero attached hydrogens (tertiary/aromatic N) is 2. The van der Waals surface area contributed by atoms with E-state index in [0.29, 0.717) is 5.41 Å². The van der Waals surface area contributed by atoms with Crippen molar-refractivity contribution in [3.8, 4) is 11.1 Å². The number of anilines is 6. The van der Waals surface area contributed by atoms with Gasteiger partial charge in [-0.2, -0.15) is 0 Å². The predicted octanol–water partition coefficient (Wildman–Crippen LogP) is 13.2. The predicted molar refractivity (Wildman–Crippen MR) is 211 cm³/mol. The summed E-state index contributed by atoms with van der Waals surface area (Å²) in [7, 11) is 0. The Morgan fingerprint density at radius 3 is 1.73 bits per heavy atom. The van der Waals surface area contributed by atoms with Crippen LogP contribution in [0.3, 0.4) is 0 Å². The van der Waals surface area contributed by atoms with Gasteiger partial charge in [-0.25, -0.2) is 0 Å². The Labute approximate surface area is 305 Å². The fourth-order valence-electron chi connectivity index (χ4n) is 12.1. The van der Waals surface area contributed by atoms with Crippen LogP contribution < -0.4 is 9.80 Å². The van der Waals surface area contributed by atoms with E-state index in [1.54, 1.807) is 5.56 Å². The first-order valence-electron chi connectivity index (χ1n) is 19.0. The fourth-order valence-corrected chi connectivity index (χ4v) is 13.2. The van der Waals surface area contributed by atoms with E-state index in [1.165, 1.54) is 110 Å². The molecule has 2 nitrogen and oxygen atoms in total. The molecule has 0 N–H and O–H groups in total. The van der Waals surface area contributed by atoms with Gasteiger partial charge in [0.1, 0.15) is 0 Å². The molecule has 2 aliphatic heterocycles. The van der Waals surface area contributed by atoms with Crippen LogP contribution in [0.1, 0.15) is 67.7 Å². The zero-order valence-corrected chi connectivity index (χ0v) is 29.8. The highest BCUT2D eigenvalue weighted by Gasteiger charge is 2.53. The first-order valence-corrected chi connectivity index (χ1v) is 19.8. The number of rotatable bonds is 3. The molecule has 0 spiro atoms. The highest BCUT2D eigenvalue weighted by atomic mass is 32.2. The second-order valence-electron chi connectivity index (χ2n) is 16.5. The van der Waals surface area contributed by atoms with Gasteiger partial charge in [0, 0.05) is 26.6 Å². The van der Waals surface area contributed by atoms with Gasteiger partial charge in [0.05, 0.1) is 22.7 Å². The average molecular weight is 677 g/mol. The number of para-hydroxylation sites is 2. The van der Waals surface area contributed by atoms with Crippen molar-refractivity contribution < 1.29 is 0 Å². The van der Waals surface area contributed by atoms with E-state index in [1.807, 2.05) is 11.8 Å². The molecule has 1 atom stereocenters. The first-order chi connectivity index (χ1) is 25.1. The molecule has 0 radical (unpaired) electrons. The molecular formula is C48H40N2S. The van der Waals surface area contributed by atoms with Gasteiger partial charge < -0.3 is 9.80 Å². The molecule has 248 valence electrons. The van der Waals surface area contributed by atoms with Crippen molar-refractivity contribution >= 4 is 45.9 Å². The number of benzene rings is 6. The maximum absolute atomic E-state index is 2.70. The Kier molecular flexibility index (Phi) is 5.78. The van der Waals surface area contributed by atoms with E-state index in [9.17, 15) is 0 Å². The normalized spacial score (nSPS) is 27.0. The van der Waals surface area contributed by atoms with Crippen molar-refractivity contribution in [2.75, 3.05) is 9.80 Å². The summed E-state index contributed by atoms with van der Waals surface area (Å²) in [5, 5.41) is 0. The lowest BCUT2D eigenvalue weighted by Gasteiger charge is -2.57. The third kappa shape index (κ3) is 3.86. The van der Waals surface area contributed by atoms with Gasteiger partial charge in [0.15, 0.2) is 0 Å². The maximum Gasteiger partial charge on any atom is 0.0601 e. The summed E-state index contributed by atoms with van der Waals surface area (Å²) < 4.78 is 0. The van der Waals surface area contributed by atoms with E-state index < -0.39 is 0 Å². The minimum atomic E-state index is -0.203. The molecule has 5 aliphatic carbocycles. The van der Waals surface area contributed by atoms with Crippen molar-refractivity contribution in [3.63, 3.8) is 0 Å². The van der Waals surface area contributed by atoms with Crippen molar-refractivity contribution in [2.45, 2.75) is 66.1 Å². The lowest BCUT2D eigenvalue weighted by Crippen LogP contribution is -2.48. The Bertz CT molecular complexity index is 2340. The summed E-state index contributed by atoms with van der Waals surface area (Å²) >= 11 is 1.86. The SMILES string of the molecule is CC12c3ccccc3-c3cccc(c31)N(c1ccc(N3c4ccccc4Sc4ccccc43)cc1)c1ccc(C34CC5CC(CC(C5)C3)C4)cc12. The second-order valence-corrected chi connectivity index (χ2v) is 17.6. The summed E-state index contributed by atoms with van der Waals surface area (Å²) in [6.45, 7) is 2.52. The summed E-state index contributed by atoms with van der Waals surface area (Å²) in [5.41, 5.74) is 16.4. The van der Waals surface area contributed by atoms with Crippen molar-refractivity contribution in [2.24, 2.45) is 17.8 Å². The largest absolute Gasteiger partial charge is 0.310 e. The van der Waals surface area contributed by atoms with Gasteiger partial charge >= 0.3 is 0 Å². The summed E-state index contributed by atoms with van der Waals surface area (Å²) in [6, 6.07) is 50.9. The van der Waals surface area contributed by atoms with Crippen molar-refractivity contribution in [1.29, 1.82) is 0 Å². The van der Waals surface area contributed by atoms with Crippen LogP contribution >= 0.6 is 11.8 Å². The van der Waals surface area contributed by atoms with E-state index >= 15 is 0 Å².